The molecule has 3 unspecified atom stereocenters. The van der Waals surface area contributed by atoms with Crippen LogP contribution in [0.25, 0.3) is 0 Å². The standard InChI is InChI=1S/C7H13BO/c1-5(9)3-7(2)4-6(7)8/h5-6,9H,3-4H2,1-2H3. The van der Waals surface area contributed by atoms with Crippen molar-refractivity contribution in [2.24, 2.45) is 5.41 Å². The Labute approximate surface area is 57.9 Å². The van der Waals surface area contributed by atoms with Gasteiger partial charge < -0.3 is 5.11 Å². The molecule has 1 aliphatic rings. The minimum absolute atomic E-state index is 0.191. The molecule has 0 aliphatic heterocycles. The fraction of sp³-hybridized carbons (Fsp3) is 1.00. The summed E-state index contributed by atoms with van der Waals surface area (Å²) in [5, 5.41) is 8.99. The lowest BCUT2D eigenvalue weighted by atomic mass is 9.89. The van der Waals surface area contributed by atoms with Gasteiger partial charge in [0, 0.05) is 0 Å². The van der Waals surface area contributed by atoms with E-state index in [9.17, 15) is 0 Å². The molecule has 1 N–H and O–H groups in total. The van der Waals surface area contributed by atoms with Crippen LogP contribution in [0.5, 0.6) is 0 Å². The lowest BCUT2D eigenvalue weighted by Crippen LogP contribution is -2.08. The molecular formula is C7H13BO. The molecule has 1 fully saturated rings. The highest BCUT2D eigenvalue weighted by molar-refractivity contribution is 6.14. The van der Waals surface area contributed by atoms with E-state index in [1.807, 2.05) is 6.92 Å². The van der Waals surface area contributed by atoms with Gasteiger partial charge in [-0.05, 0) is 18.8 Å². The Bertz CT molecular complexity index is 113. The summed E-state index contributed by atoms with van der Waals surface area (Å²) in [7, 11) is 5.64. The molecule has 9 heavy (non-hydrogen) atoms. The molecule has 0 amide bonds. The molecule has 1 aliphatic carbocycles. The molecular weight excluding hydrogens is 111 g/mol. The van der Waals surface area contributed by atoms with Crippen molar-refractivity contribution in [1.82, 2.24) is 0 Å². The molecule has 3 atom stereocenters. The summed E-state index contributed by atoms with van der Waals surface area (Å²) < 4.78 is 0. The van der Waals surface area contributed by atoms with Gasteiger partial charge in [0.15, 0.2) is 0 Å². The van der Waals surface area contributed by atoms with E-state index >= 15 is 0 Å². The highest BCUT2D eigenvalue weighted by atomic mass is 16.3. The maximum atomic E-state index is 8.99. The van der Waals surface area contributed by atoms with Crippen LogP contribution in [0.2, 0.25) is 5.82 Å². The lowest BCUT2D eigenvalue weighted by Gasteiger charge is -2.11. The molecule has 2 radical (unpaired) electrons. The molecule has 0 spiro atoms. The van der Waals surface area contributed by atoms with Crippen molar-refractivity contribution in [1.29, 1.82) is 0 Å². The summed E-state index contributed by atoms with van der Waals surface area (Å²) in [6, 6.07) is 0. The van der Waals surface area contributed by atoms with Gasteiger partial charge in [-0.25, -0.2) is 0 Å². The average Bonchev–Trinajstić information content (AvgIpc) is 2.10. The molecule has 0 saturated heterocycles. The smallest absolute Gasteiger partial charge is 0.0707 e. The quantitative estimate of drug-likeness (QED) is 0.547. The van der Waals surface area contributed by atoms with Crippen molar-refractivity contribution < 1.29 is 5.11 Å². The second kappa shape index (κ2) is 2.01. The maximum Gasteiger partial charge on any atom is 0.0707 e. The Balaban J connectivity index is 2.29. The summed E-state index contributed by atoms with van der Waals surface area (Å²) in [5.41, 5.74) is 0.258. The normalized spacial score (nSPS) is 44.6. The predicted molar refractivity (Wildman–Crippen MR) is 38.5 cm³/mol. The number of hydrogen-bond donors (Lipinski definition) is 1. The molecule has 2 heteroatoms. The zero-order chi connectivity index (χ0) is 7.07. The lowest BCUT2D eigenvalue weighted by molar-refractivity contribution is 0.159. The summed E-state index contributed by atoms with van der Waals surface area (Å²) in [5.74, 6) is 0.340. The van der Waals surface area contributed by atoms with E-state index in [0.29, 0.717) is 5.82 Å². The van der Waals surface area contributed by atoms with Crippen LogP contribution >= 0.6 is 0 Å². The van der Waals surface area contributed by atoms with Crippen molar-refractivity contribution in [2.75, 3.05) is 0 Å². The van der Waals surface area contributed by atoms with Crippen LogP contribution in [-0.2, 0) is 0 Å². The van der Waals surface area contributed by atoms with E-state index in [0.717, 1.165) is 12.8 Å². The maximum absolute atomic E-state index is 8.99. The minimum Gasteiger partial charge on any atom is -0.393 e. The van der Waals surface area contributed by atoms with E-state index in [-0.39, 0.29) is 11.5 Å². The number of hydrogen-bond acceptors (Lipinski definition) is 1. The van der Waals surface area contributed by atoms with Crippen LogP contribution in [0.15, 0.2) is 0 Å². The van der Waals surface area contributed by atoms with Crippen molar-refractivity contribution in [3.8, 4) is 0 Å². The third kappa shape index (κ3) is 1.48. The first-order chi connectivity index (χ1) is 4.04. The van der Waals surface area contributed by atoms with Gasteiger partial charge in [-0.1, -0.05) is 19.2 Å². The van der Waals surface area contributed by atoms with E-state index in [1.54, 1.807) is 0 Å². The fourth-order valence-electron chi connectivity index (χ4n) is 1.35. The highest BCUT2D eigenvalue weighted by Gasteiger charge is 2.45. The summed E-state index contributed by atoms with van der Waals surface area (Å²) >= 11 is 0. The van der Waals surface area contributed by atoms with Gasteiger partial charge in [0.25, 0.3) is 0 Å². The first-order valence-electron chi connectivity index (χ1n) is 3.48. The third-order valence-electron chi connectivity index (χ3n) is 2.18. The van der Waals surface area contributed by atoms with Gasteiger partial charge in [0.2, 0.25) is 0 Å². The predicted octanol–water partition coefficient (Wildman–Crippen LogP) is 1.12. The molecule has 50 valence electrons. The van der Waals surface area contributed by atoms with Crippen molar-refractivity contribution in [3.05, 3.63) is 0 Å². The Hall–Kier alpha value is 0.0249. The van der Waals surface area contributed by atoms with Gasteiger partial charge >= 0.3 is 0 Å². The Kier molecular flexibility index (Phi) is 1.60. The molecule has 1 nitrogen and oxygen atoms in total. The molecule has 0 heterocycles. The number of aliphatic hydroxyl groups is 1. The Morgan fingerprint density at radius 2 is 2.33 bits per heavy atom. The number of rotatable bonds is 2. The SMILES string of the molecule is [B]C1CC1(C)CC(C)O. The average molecular weight is 124 g/mol. The largest absolute Gasteiger partial charge is 0.393 e. The number of aliphatic hydroxyl groups excluding tert-OH is 1. The van der Waals surface area contributed by atoms with Gasteiger partial charge in [0.05, 0.1) is 14.0 Å². The van der Waals surface area contributed by atoms with E-state index < -0.39 is 0 Å². The topological polar surface area (TPSA) is 20.2 Å². The second-order valence-corrected chi connectivity index (χ2v) is 3.52. The monoisotopic (exact) mass is 124 g/mol. The van der Waals surface area contributed by atoms with Crippen LogP contribution in [0.1, 0.15) is 26.7 Å². The van der Waals surface area contributed by atoms with Crippen molar-refractivity contribution in [2.45, 2.75) is 38.6 Å². The van der Waals surface area contributed by atoms with Crippen LogP contribution in [0.3, 0.4) is 0 Å². The van der Waals surface area contributed by atoms with Crippen LogP contribution < -0.4 is 0 Å². The summed E-state index contributed by atoms with van der Waals surface area (Å²) in [6.45, 7) is 3.95. The zero-order valence-corrected chi connectivity index (χ0v) is 6.09. The molecule has 1 saturated carbocycles. The third-order valence-corrected chi connectivity index (χ3v) is 2.18. The van der Waals surface area contributed by atoms with Gasteiger partial charge in [-0.2, -0.15) is 0 Å². The van der Waals surface area contributed by atoms with Gasteiger partial charge in [-0.15, -0.1) is 0 Å². The van der Waals surface area contributed by atoms with Gasteiger partial charge in [-0.3, -0.25) is 0 Å². The Morgan fingerprint density at radius 1 is 1.89 bits per heavy atom. The van der Waals surface area contributed by atoms with Crippen molar-refractivity contribution >= 4 is 7.85 Å². The Morgan fingerprint density at radius 3 is 2.44 bits per heavy atom. The zero-order valence-electron chi connectivity index (χ0n) is 6.09. The first-order valence-corrected chi connectivity index (χ1v) is 3.48. The fourth-order valence-corrected chi connectivity index (χ4v) is 1.35. The van der Waals surface area contributed by atoms with Gasteiger partial charge in [0.1, 0.15) is 0 Å². The molecule has 0 aromatic rings. The van der Waals surface area contributed by atoms with Crippen LogP contribution in [0.4, 0.5) is 0 Å². The minimum atomic E-state index is -0.191. The van der Waals surface area contributed by atoms with E-state index in [1.165, 1.54) is 0 Å². The summed E-state index contributed by atoms with van der Waals surface area (Å²) in [6.07, 6.45) is 1.75. The molecule has 0 bridgehead atoms. The van der Waals surface area contributed by atoms with Crippen LogP contribution in [0, 0.1) is 5.41 Å². The molecule has 1 rings (SSSR count). The van der Waals surface area contributed by atoms with Crippen LogP contribution in [-0.4, -0.2) is 19.1 Å². The second-order valence-electron chi connectivity index (χ2n) is 3.52. The van der Waals surface area contributed by atoms with Crippen molar-refractivity contribution in [3.63, 3.8) is 0 Å². The molecule has 0 aromatic heterocycles. The highest BCUT2D eigenvalue weighted by Crippen LogP contribution is 2.58. The molecule has 0 aromatic carbocycles. The first kappa shape index (κ1) is 7.14. The van der Waals surface area contributed by atoms with E-state index in [2.05, 4.69) is 6.92 Å². The summed E-state index contributed by atoms with van der Waals surface area (Å²) in [4.78, 5) is 0. The van der Waals surface area contributed by atoms with E-state index in [4.69, 9.17) is 13.0 Å².